The maximum atomic E-state index is 11.7. The number of hydrogen-bond acceptors (Lipinski definition) is 4. The van der Waals surface area contributed by atoms with E-state index in [0.717, 1.165) is 12.2 Å². The third-order valence-corrected chi connectivity index (χ3v) is 3.49. The number of para-hydroxylation sites is 1. The molecule has 0 aliphatic heterocycles. The van der Waals surface area contributed by atoms with Gasteiger partial charge >= 0.3 is 5.97 Å². The van der Waals surface area contributed by atoms with Crippen molar-refractivity contribution >= 4 is 17.9 Å². The number of esters is 1. The number of carbonyl (C=O) groups excluding carboxylic acids is 1. The first-order chi connectivity index (χ1) is 11.1. The van der Waals surface area contributed by atoms with Crippen molar-refractivity contribution in [3.63, 3.8) is 0 Å². The van der Waals surface area contributed by atoms with Gasteiger partial charge in [0, 0.05) is 6.21 Å². The van der Waals surface area contributed by atoms with E-state index in [1.54, 1.807) is 19.2 Å². The molecule has 120 valence electrons. The van der Waals surface area contributed by atoms with E-state index in [2.05, 4.69) is 11.9 Å². The van der Waals surface area contributed by atoms with E-state index >= 15 is 0 Å². The number of carbonyl (C=O) groups is 1. The number of methoxy groups -OCH3 is 2. The van der Waals surface area contributed by atoms with Crippen LogP contribution in [0.4, 0.5) is 5.69 Å². The molecule has 0 fully saturated rings. The van der Waals surface area contributed by atoms with Gasteiger partial charge in [-0.05, 0) is 42.2 Å². The minimum absolute atomic E-state index is 0.245. The smallest absolute Gasteiger partial charge is 0.340 e. The summed E-state index contributed by atoms with van der Waals surface area (Å²) in [5, 5.41) is 0. The number of nitrogens with zero attached hydrogens (tertiary/aromatic N) is 1. The molecule has 1 unspecified atom stereocenters. The minimum Gasteiger partial charge on any atom is -0.497 e. The standard InChI is InChI=1S/C19H21NO3/c1-14(12-15-8-10-16(22-2)11-9-15)13-20-18-7-5-4-6-17(18)19(21)23-3/h4-11,13-14H,12H2,1-3H3. The highest BCUT2D eigenvalue weighted by Gasteiger charge is 2.10. The van der Waals surface area contributed by atoms with Crippen LogP contribution < -0.4 is 4.74 Å². The number of ether oxygens (including phenoxy) is 2. The lowest BCUT2D eigenvalue weighted by molar-refractivity contribution is 0.0601. The van der Waals surface area contributed by atoms with Crippen LogP contribution in [0.1, 0.15) is 22.8 Å². The Kier molecular flexibility index (Phi) is 5.92. The van der Waals surface area contributed by atoms with Crippen LogP contribution in [0, 0.1) is 5.92 Å². The highest BCUT2D eigenvalue weighted by atomic mass is 16.5. The number of aliphatic imine (C=N–C) groups is 1. The van der Waals surface area contributed by atoms with Crippen molar-refractivity contribution in [2.24, 2.45) is 10.9 Å². The highest BCUT2D eigenvalue weighted by molar-refractivity contribution is 5.95. The fourth-order valence-electron chi connectivity index (χ4n) is 2.26. The molecule has 2 rings (SSSR count). The number of hydrogen-bond donors (Lipinski definition) is 0. The number of rotatable bonds is 6. The lowest BCUT2D eigenvalue weighted by Gasteiger charge is -2.08. The van der Waals surface area contributed by atoms with Gasteiger partial charge in [-0.2, -0.15) is 0 Å². The Balaban J connectivity index is 2.06. The summed E-state index contributed by atoms with van der Waals surface area (Å²) in [6, 6.07) is 15.2. The van der Waals surface area contributed by atoms with Crippen molar-refractivity contribution in [2.75, 3.05) is 14.2 Å². The van der Waals surface area contributed by atoms with Gasteiger partial charge in [-0.3, -0.25) is 4.99 Å². The molecule has 0 bridgehead atoms. The maximum absolute atomic E-state index is 11.7. The molecule has 23 heavy (non-hydrogen) atoms. The summed E-state index contributed by atoms with van der Waals surface area (Å²) >= 11 is 0. The van der Waals surface area contributed by atoms with Gasteiger partial charge in [-0.15, -0.1) is 0 Å². The fraction of sp³-hybridized carbons (Fsp3) is 0.263. The first kappa shape index (κ1) is 16.7. The molecule has 4 nitrogen and oxygen atoms in total. The third-order valence-electron chi connectivity index (χ3n) is 3.49. The van der Waals surface area contributed by atoms with Crippen LogP contribution in [0.5, 0.6) is 5.75 Å². The summed E-state index contributed by atoms with van der Waals surface area (Å²) in [4.78, 5) is 16.2. The first-order valence-corrected chi connectivity index (χ1v) is 7.48. The highest BCUT2D eigenvalue weighted by Crippen LogP contribution is 2.20. The molecule has 0 aliphatic carbocycles. The van der Waals surface area contributed by atoms with E-state index in [1.165, 1.54) is 12.7 Å². The Hall–Kier alpha value is -2.62. The maximum Gasteiger partial charge on any atom is 0.340 e. The van der Waals surface area contributed by atoms with Crippen LogP contribution in [-0.2, 0) is 11.2 Å². The summed E-state index contributed by atoms with van der Waals surface area (Å²) < 4.78 is 9.93. The van der Waals surface area contributed by atoms with E-state index in [0.29, 0.717) is 11.3 Å². The molecule has 1 atom stereocenters. The quantitative estimate of drug-likeness (QED) is 0.597. The Labute approximate surface area is 136 Å². The second-order valence-corrected chi connectivity index (χ2v) is 5.32. The molecule has 0 heterocycles. The summed E-state index contributed by atoms with van der Waals surface area (Å²) in [5.41, 5.74) is 2.31. The van der Waals surface area contributed by atoms with Crippen molar-refractivity contribution < 1.29 is 14.3 Å². The average molecular weight is 311 g/mol. The van der Waals surface area contributed by atoms with Gasteiger partial charge in [-0.25, -0.2) is 4.79 Å². The van der Waals surface area contributed by atoms with Crippen molar-refractivity contribution in [3.05, 3.63) is 59.7 Å². The molecule has 0 aliphatic rings. The average Bonchev–Trinajstić information content (AvgIpc) is 2.60. The van der Waals surface area contributed by atoms with Crippen LogP contribution >= 0.6 is 0 Å². The van der Waals surface area contributed by atoms with Crippen molar-refractivity contribution in [3.8, 4) is 5.75 Å². The monoisotopic (exact) mass is 311 g/mol. The molecule has 2 aromatic rings. The molecule has 0 saturated heterocycles. The summed E-state index contributed by atoms with van der Waals surface area (Å²) in [5.74, 6) is 0.719. The van der Waals surface area contributed by atoms with Crippen LogP contribution in [0.3, 0.4) is 0 Å². The van der Waals surface area contributed by atoms with Crippen LogP contribution in [0.25, 0.3) is 0 Å². The second-order valence-electron chi connectivity index (χ2n) is 5.32. The molecular weight excluding hydrogens is 290 g/mol. The number of benzene rings is 2. The van der Waals surface area contributed by atoms with Crippen molar-refractivity contribution in [2.45, 2.75) is 13.3 Å². The summed E-state index contributed by atoms with van der Waals surface area (Å²) in [6.45, 7) is 2.09. The largest absolute Gasteiger partial charge is 0.497 e. The Morgan fingerprint density at radius 3 is 2.48 bits per heavy atom. The summed E-state index contributed by atoms with van der Waals surface area (Å²) in [7, 11) is 3.03. The van der Waals surface area contributed by atoms with Gasteiger partial charge in [0.1, 0.15) is 5.75 Å². The van der Waals surface area contributed by atoms with E-state index < -0.39 is 0 Å². The van der Waals surface area contributed by atoms with E-state index in [-0.39, 0.29) is 11.9 Å². The molecule has 2 aromatic carbocycles. The zero-order chi connectivity index (χ0) is 16.7. The SMILES string of the molecule is COC(=O)c1ccccc1N=CC(C)Cc1ccc(OC)cc1. The first-order valence-electron chi connectivity index (χ1n) is 7.48. The molecular formula is C19H21NO3. The van der Waals surface area contributed by atoms with Gasteiger partial charge in [-0.1, -0.05) is 31.2 Å². The van der Waals surface area contributed by atoms with E-state index in [1.807, 2.05) is 42.6 Å². The van der Waals surface area contributed by atoms with Crippen molar-refractivity contribution in [1.82, 2.24) is 0 Å². The van der Waals surface area contributed by atoms with Crippen LogP contribution in [-0.4, -0.2) is 26.4 Å². The molecule has 0 aromatic heterocycles. The topological polar surface area (TPSA) is 47.9 Å². The summed E-state index contributed by atoms with van der Waals surface area (Å²) in [6.07, 6.45) is 2.74. The molecule has 0 saturated carbocycles. The molecule has 0 N–H and O–H groups in total. The van der Waals surface area contributed by atoms with Crippen LogP contribution in [0.2, 0.25) is 0 Å². The normalized spacial score (nSPS) is 12.1. The molecule has 0 spiro atoms. The molecule has 0 amide bonds. The zero-order valence-electron chi connectivity index (χ0n) is 13.7. The lowest BCUT2D eigenvalue weighted by atomic mass is 10.0. The van der Waals surface area contributed by atoms with Gasteiger partial charge in [0.15, 0.2) is 0 Å². The van der Waals surface area contributed by atoms with Gasteiger partial charge in [0.2, 0.25) is 0 Å². The second kappa shape index (κ2) is 8.13. The Bertz CT molecular complexity index is 677. The van der Waals surface area contributed by atoms with Gasteiger partial charge < -0.3 is 9.47 Å². The van der Waals surface area contributed by atoms with Crippen LogP contribution in [0.15, 0.2) is 53.5 Å². The zero-order valence-corrected chi connectivity index (χ0v) is 13.7. The molecule has 4 heteroatoms. The van der Waals surface area contributed by atoms with Gasteiger partial charge in [0.05, 0.1) is 25.5 Å². The fourth-order valence-corrected chi connectivity index (χ4v) is 2.26. The van der Waals surface area contributed by atoms with Crippen molar-refractivity contribution in [1.29, 1.82) is 0 Å². The van der Waals surface area contributed by atoms with E-state index in [4.69, 9.17) is 9.47 Å². The predicted molar refractivity (Wildman–Crippen MR) is 91.8 cm³/mol. The van der Waals surface area contributed by atoms with E-state index in [9.17, 15) is 4.79 Å². The molecule has 0 radical (unpaired) electrons. The third kappa shape index (κ3) is 4.68. The minimum atomic E-state index is -0.374. The lowest BCUT2D eigenvalue weighted by Crippen LogP contribution is -2.03. The predicted octanol–water partition coefficient (Wildman–Crippen LogP) is 4.06. The van der Waals surface area contributed by atoms with Gasteiger partial charge in [0.25, 0.3) is 0 Å². The Morgan fingerprint density at radius 2 is 1.83 bits per heavy atom. The Morgan fingerprint density at radius 1 is 1.13 bits per heavy atom.